The Labute approximate surface area is 151 Å². The zero-order chi connectivity index (χ0) is 18.0. The number of H-pyrrole nitrogens is 1. The number of nitrogens with zero attached hydrogens (tertiary/aromatic N) is 4. The number of fused-ring (bicyclic) bond motifs is 1. The van der Waals surface area contributed by atoms with Crippen LogP contribution in [0, 0.1) is 27.7 Å². The first-order valence-corrected chi connectivity index (χ1v) is 9.02. The van der Waals surface area contributed by atoms with Crippen molar-refractivity contribution in [3.63, 3.8) is 0 Å². The summed E-state index contributed by atoms with van der Waals surface area (Å²) >= 11 is 0. The minimum atomic E-state index is 0.568. The molecule has 0 bridgehead atoms. The monoisotopic (exact) mass is 347 g/mol. The third kappa shape index (κ3) is 2.29. The number of imidazole rings is 1. The van der Waals surface area contributed by atoms with Crippen molar-refractivity contribution in [2.75, 3.05) is 0 Å². The predicted molar refractivity (Wildman–Crippen MR) is 99.6 cm³/mol. The maximum atomic E-state index is 5.39. The molecule has 3 heterocycles. The molecule has 0 amide bonds. The normalized spacial score (nSPS) is 14.5. The van der Waals surface area contributed by atoms with Gasteiger partial charge in [-0.25, -0.2) is 9.67 Å². The van der Waals surface area contributed by atoms with Crippen molar-refractivity contribution in [1.82, 2.24) is 24.9 Å². The van der Waals surface area contributed by atoms with Gasteiger partial charge in [-0.05, 0) is 64.3 Å². The molecule has 6 nitrogen and oxygen atoms in total. The molecule has 0 aliphatic heterocycles. The first-order chi connectivity index (χ1) is 12.5. The lowest BCUT2D eigenvalue weighted by molar-refractivity contribution is 0.393. The van der Waals surface area contributed by atoms with Crippen molar-refractivity contribution >= 4 is 11.0 Å². The predicted octanol–water partition coefficient (Wildman–Crippen LogP) is 4.51. The van der Waals surface area contributed by atoms with Crippen molar-refractivity contribution in [1.29, 1.82) is 0 Å². The Bertz CT molecular complexity index is 1120. The molecular formula is C20H21N5O. The third-order valence-corrected chi connectivity index (χ3v) is 5.11. The number of nitrogens with one attached hydrogen (secondary N) is 1. The van der Waals surface area contributed by atoms with E-state index in [9.17, 15) is 0 Å². The summed E-state index contributed by atoms with van der Waals surface area (Å²) in [5.41, 5.74) is 8.08. The summed E-state index contributed by atoms with van der Waals surface area (Å²) in [6, 6.07) is 6.38. The van der Waals surface area contributed by atoms with Gasteiger partial charge in [0.1, 0.15) is 17.1 Å². The molecule has 4 aromatic rings. The van der Waals surface area contributed by atoms with Gasteiger partial charge in [-0.15, -0.1) is 0 Å². The number of aryl methyl sites for hydroxylation is 4. The topological polar surface area (TPSA) is 72.5 Å². The second kappa shape index (κ2) is 5.30. The third-order valence-electron chi connectivity index (χ3n) is 5.11. The second-order valence-corrected chi connectivity index (χ2v) is 7.33. The summed E-state index contributed by atoms with van der Waals surface area (Å²) in [6.45, 7) is 8.01. The van der Waals surface area contributed by atoms with Crippen molar-refractivity contribution < 1.29 is 4.52 Å². The highest BCUT2D eigenvalue weighted by molar-refractivity contribution is 5.90. The van der Waals surface area contributed by atoms with E-state index in [0.717, 1.165) is 56.5 Å². The van der Waals surface area contributed by atoms with Gasteiger partial charge in [-0.1, -0.05) is 5.16 Å². The van der Waals surface area contributed by atoms with Gasteiger partial charge in [0.2, 0.25) is 0 Å². The smallest absolute Gasteiger partial charge is 0.141 e. The fourth-order valence-electron chi connectivity index (χ4n) is 3.74. The second-order valence-electron chi connectivity index (χ2n) is 7.33. The largest absolute Gasteiger partial charge is 0.361 e. The van der Waals surface area contributed by atoms with E-state index in [4.69, 9.17) is 14.6 Å². The standard InChI is InChI=1S/C20H21N5O/c1-10-7-11(2)25(23-10)17-9-15(18-12(3)24-26-13(18)4)8-16-19(17)22-20(21-16)14-5-6-14/h7-9,14H,5-6H2,1-4H3,(H,21,22). The summed E-state index contributed by atoms with van der Waals surface area (Å²) in [4.78, 5) is 8.45. The Balaban J connectivity index is 1.81. The van der Waals surface area contributed by atoms with Gasteiger partial charge in [-0.2, -0.15) is 5.10 Å². The van der Waals surface area contributed by atoms with Crippen LogP contribution in [0.5, 0.6) is 0 Å². The van der Waals surface area contributed by atoms with Gasteiger partial charge in [0, 0.05) is 17.2 Å². The van der Waals surface area contributed by atoms with Crippen molar-refractivity contribution in [3.05, 3.63) is 46.9 Å². The number of aromatic nitrogens is 5. The van der Waals surface area contributed by atoms with E-state index < -0.39 is 0 Å². The summed E-state index contributed by atoms with van der Waals surface area (Å²) in [5, 5.41) is 8.81. The molecule has 1 aliphatic carbocycles. The van der Waals surface area contributed by atoms with Crippen molar-refractivity contribution in [3.8, 4) is 16.8 Å². The van der Waals surface area contributed by atoms with E-state index in [2.05, 4.69) is 35.3 Å². The average molecular weight is 347 g/mol. The molecule has 6 heteroatoms. The molecule has 0 radical (unpaired) electrons. The zero-order valence-corrected chi connectivity index (χ0v) is 15.4. The van der Waals surface area contributed by atoms with Crippen LogP contribution in [0.1, 0.15) is 47.4 Å². The van der Waals surface area contributed by atoms with Crippen LogP contribution in [0.25, 0.3) is 27.8 Å². The molecule has 0 saturated heterocycles. The Morgan fingerprint density at radius 1 is 1.12 bits per heavy atom. The molecule has 0 atom stereocenters. The summed E-state index contributed by atoms with van der Waals surface area (Å²) in [5.74, 6) is 2.47. The summed E-state index contributed by atoms with van der Waals surface area (Å²) < 4.78 is 7.37. The van der Waals surface area contributed by atoms with E-state index >= 15 is 0 Å². The maximum Gasteiger partial charge on any atom is 0.141 e. The van der Waals surface area contributed by atoms with Gasteiger partial charge in [0.05, 0.1) is 22.6 Å². The highest BCUT2D eigenvalue weighted by Gasteiger charge is 2.28. The first kappa shape index (κ1) is 15.4. The Hall–Kier alpha value is -2.89. The van der Waals surface area contributed by atoms with Crippen LogP contribution in [-0.4, -0.2) is 24.9 Å². The molecule has 0 unspecified atom stereocenters. The van der Waals surface area contributed by atoms with Crippen molar-refractivity contribution in [2.45, 2.75) is 46.5 Å². The Morgan fingerprint density at radius 3 is 2.54 bits per heavy atom. The molecule has 3 aromatic heterocycles. The van der Waals surface area contributed by atoms with Gasteiger partial charge in [0.15, 0.2) is 0 Å². The lowest BCUT2D eigenvalue weighted by Gasteiger charge is -2.09. The van der Waals surface area contributed by atoms with Crippen LogP contribution in [0.3, 0.4) is 0 Å². The first-order valence-electron chi connectivity index (χ1n) is 9.02. The van der Waals surface area contributed by atoms with Gasteiger partial charge < -0.3 is 9.51 Å². The van der Waals surface area contributed by atoms with E-state index in [0.29, 0.717) is 5.92 Å². The highest BCUT2D eigenvalue weighted by atomic mass is 16.5. The van der Waals surface area contributed by atoms with E-state index in [1.165, 1.54) is 12.8 Å². The minimum Gasteiger partial charge on any atom is -0.361 e. The van der Waals surface area contributed by atoms with Crippen LogP contribution in [0.15, 0.2) is 22.7 Å². The number of aromatic amines is 1. The van der Waals surface area contributed by atoms with E-state index in [1.54, 1.807) is 0 Å². The molecule has 0 spiro atoms. The van der Waals surface area contributed by atoms with Crippen LogP contribution in [0.2, 0.25) is 0 Å². The highest BCUT2D eigenvalue weighted by Crippen LogP contribution is 2.40. The maximum absolute atomic E-state index is 5.39. The minimum absolute atomic E-state index is 0.568. The fraction of sp³-hybridized carbons (Fsp3) is 0.350. The molecule has 26 heavy (non-hydrogen) atoms. The van der Waals surface area contributed by atoms with E-state index in [-0.39, 0.29) is 0 Å². The lowest BCUT2D eigenvalue weighted by atomic mass is 10.0. The SMILES string of the molecule is Cc1cc(C)n(-c2cc(-c3c(C)noc3C)cc3[nH]c(C4CC4)nc23)n1. The molecule has 1 N–H and O–H groups in total. The van der Waals surface area contributed by atoms with Crippen LogP contribution >= 0.6 is 0 Å². The van der Waals surface area contributed by atoms with Gasteiger partial charge >= 0.3 is 0 Å². The number of hydrogen-bond donors (Lipinski definition) is 1. The molecule has 5 rings (SSSR count). The lowest BCUT2D eigenvalue weighted by Crippen LogP contribution is -2.01. The zero-order valence-electron chi connectivity index (χ0n) is 15.4. The fourth-order valence-corrected chi connectivity index (χ4v) is 3.74. The Morgan fingerprint density at radius 2 is 1.92 bits per heavy atom. The molecule has 1 fully saturated rings. The van der Waals surface area contributed by atoms with Crippen molar-refractivity contribution in [2.24, 2.45) is 0 Å². The molecule has 1 aromatic carbocycles. The molecule has 1 aliphatic rings. The number of hydrogen-bond acceptors (Lipinski definition) is 4. The average Bonchev–Trinajstić information content (AvgIpc) is 3.15. The van der Waals surface area contributed by atoms with E-state index in [1.807, 2.05) is 25.5 Å². The quantitative estimate of drug-likeness (QED) is 0.591. The number of benzene rings is 1. The molecular weight excluding hydrogens is 326 g/mol. The van der Waals surface area contributed by atoms with Crippen LogP contribution < -0.4 is 0 Å². The molecule has 132 valence electrons. The number of rotatable bonds is 3. The van der Waals surface area contributed by atoms with Gasteiger partial charge in [-0.3, -0.25) is 0 Å². The van der Waals surface area contributed by atoms with Crippen LogP contribution in [0.4, 0.5) is 0 Å². The summed E-state index contributed by atoms with van der Waals surface area (Å²) in [7, 11) is 0. The van der Waals surface area contributed by atoms with Gasteiger partial charge in [0.25, 0.3) is 0 Å². The molecule has 1 saturated carbocycles. The Kier molecular flexibility index (Phi) is 3.13. The van der Waals surface area contributed by atoms with Crippen LogP contribution in [-0.2, 0) is 0 Å². The summed E-state index contributed by atoms with van der Waals surface area (Å²) in [6.07, 6.45) is 2.43.